The van der Waals surface area contributed by atoms with Gasteiger partial charge >= 0.3 is 5.97 Å². The first-order valence-electron chi connectivity index (χ1n) is 5.52. The van der Waals surface area contributed by atoms with Crippen LogP contribution in [0.1, 0.15) is 30.6 Å². The zero-order chi connectivity index (χ0) is 13.4. The van der Waals surface area contributed by atoms with Gasteiger partial charge in [0.25, 0.3) is 5.91 Å². The van der Waals surface area contributed by atoms with Crippen LogP contribution in [0.25, 0.3) is 0 Å². The molecule has 0 bridgehead atoms. The SMILES string of the molecule is CCOC(=O)CC(C)=NNC(=O)c1cccnc1. The molecule has 0 unspecified atom stereocenters. The molecular weight excluding hydrogens is 234 g/mol. The number of aromatic nitrogens is 1. The average molecular weight is 249 g/mol. The topological polar surface area (TPSA) is 80.6 Å². The molecule has 1 aromatic rings. The normalized spacial score (nSPS) is 10.9. The van der Waals surface area contributed by atoms with Gasteiger partial charge in [-0.05, 0) is 26.0 Å². The summed E-state index contributed by atoms with van der Waals surface area (Å²) in [5.41, 5.74) is 3.23. The first-order valence-corrected chi connectivity index (χ1v) is 5.52. The molecule has 0 saturated carbocycles. The van der Waals surface area contributed by atoms with Crippen molar-refractivity contribution in [2.75, 3.05) is 6.61 Å². The number of rotatable bonds is 5. The number of pyridine rings is 1. The van der Waals surface area contributed by atoms with E-state index >= 15 is 0 Å². The van der Waals surface area contributed by atoms with Crippen molar-refractivity contribution in [2.45, 2.75) is 20.3 Å². The van der Waals surface area contributed by atoms with Gasteiger partial charge in [-0.1, -0.05) is 0 Å². The summed E-state index contributed by atoms with van der Waals surface area (Å²) >= 11 is 0. The highest BCUT2D eigenvalue weighted by atomic mass is 16.5. The van der Waals surface area contributed by atoms with E-state index in [1.165, 1.54) is 6.20 Å². The summed E-state index contributed by atoms with van der Waals surface area (Å²) < 4.78 is 4.76. The zero-order valence-corrected chi connectivity index (χ0v) is 10.3. The molecule has 0 aliphatic carbocycles. The van der Waals surface area contributed by atoms with E-state index in [4.69, 9.17) is 4.74 Å². The third-order valence-corrected chi connectivity index (χ3v) is 1.98. The minimum absolute atomic E-state index is 0.0567. The van der Waals surface area contributed by atoms with Crippen molar-refractivity contribution in [2.24, 2.45) is 5.10 Å². The van der Waals surface area contributed by atoms with E-state index in [2.05, 4.69) is 15.5 Å². The maximum Gasteiger partial charge on any atom is 0.311 e. The van der Waals surface area contributed by atoms with Gasteiger partial charge in [0.1, 0.15) is 0 Å². The fraction of sp³-hybridized carbons (Fsp3) is 0.333. The number of carbonyl (C=O) groups excluding carboxylic acids is 2. The van der Waals surface area contributed by atoms with Crippen LogP contribution in [0.2, 0.25) is 0 Å². The van der Waals surface area contributed by atoms with Gasteiger partial charge in [0.15, 0.2) is 0 Å². The Labute approximate surface area is 105 Å². The second-order valence-corrected chi connectivity index (χ2v) is 3.51. The smallest absolute Gasteiger partial charge is 0.311 e. The fourth-order valence-electron chi connectivity index (χ4n) is 1.17. The summed E-state index contributed by atoms with van der Waals surface area (Å²) in [6.07, 6.45) is 3.07. The van der Waals surface area contributed by atoms with Gasteiger partial charge in [0.2, 0.25) is 0 Å². The standard InChI is InChI=1S/C12H15N3O3/c1-3-18-11(16)7-9(2)14-15-12(17)10-5-4-6-13-8-10/h4-6,8H,3,7H2,1-2H3,(H,15,17). The van der Waals surface area contributed by atoms with Crippen molar-refractivity contribution in [3.05, 3.63) is 30.1 Å². The first-order chi connectivity index (χ1) is 8.63. The van der Waals surface area contributed by atoms with Crippen LogP contribution in [0.5, 0.6) is 0 Å². The molecule has 0 aliphatic rings. The summed E-state index contributed by atoms with van der Waals surface area (Å²) in [5.74, 6) is -0.735. The lowest BCUT2D eigenvalue weighted by molar-refractivity contribution is -0.141. The lowest BCUT2D eigenvalue weighted by Gasteiger charge is -2.02. The molecule has 1 rings (SSSR count). The highest BCUT2D eigenvalue weighted by molar-refractivity contribution is 5.99. The van der Waals surface area contributed by atoms with Crippen molar-refractivity contribution >= 4 is 17.6 Å². The van der Waals surface area contributed by atoms with Crippen LogP contribution in [0.15, 0.2) is 29.6 Å². The Kier molecular flexibility index (Phi) is 5.50. The van der Waals surface area contributed by atoms with Crippen LogP contribution >= 0.6 is 0 Å². The summed E-state index contributed by atoms with van der Waals surface area (Å²) in [6.45, 7) is 3.70. The van der Waals surface area contributed by atoms with Gasteiger partial charge < -0.3 is 4.74 Å². The molecule has 1 N–H and O–H groups in total. The van der Waals surface area contributed by atoms with E-state index in [0.717, 1.165) is 0 Å². The molecule has 0 aliphatic heterocycles. The van der Waals surface area contributed by atoms with Gasteiger partial charge in [-0.25, -0.2) is 5.43 Å². The number of hydrazone groups is 1. The van der Waals surface area contributed by atoms with Gasteiger partial charge in [0.05, 0.1) is 18.6 Å². The van der Waals surface area contributed by atoms with Gasteiger partial charge in [-0.2, -0.15) is 5.10 Å². The summed E-state index contributed by atoms with van der Waals surface area (Å²) in [7, 11) is 0. The van der Waals surface area contributed by atoms with Crippen molar-refractivity contribution < 1.29 is 14.3 Å². The van der Waals surface area contributed by atoms with Crippen molar-refractivity contribution in [1.29, 1.82) is 0 Å². The second-order valence-electron chi connectivity index (χ2n) is 3.51. The van der Waals surface area contributed by atoms with E-state index in [9.17, 15) is 9.59 Å². The molecule has 0 fully saturated rings. The number of esters is 1. The Balaban J connectivity index is 2.48. The minimum atomic E-state index is -0.369. The monoisotopic (exact) mass is 249 g/mol. The number of ether oxygens (including phenoxy) is 1. The number of carbonyl (C=O) groups is 2. The van der Waals surface area contributed by atoms with E-state index < -0.39 is 0 Å². The maximum atomic E-state index is 11.6. The quantitative estimate of drug-likeness (QED) is 0.482. The van der Waals surface area contributed by atoms with Crippen molar-refractivity contribution in [3.63, 3.8) is 0 Å². The Morgan fingerprint density at radius 3 is 2.89 bits per heavy atom. The van der Waals surface area contributed by atoms with Crippen LogP contribution in [-0.4, -0.2) is 29.2 Å². The predicted molar refractivity (Wildman–Crippen MR) is 66.1 cm³/mol. The summed E-state index contributed by atoms with van der Waals surface area (Å²) in [4.78, 5) is 26.6. The number of hydrogen-bond acceptors (Lipinski definition) is 5. The number of hydrogen-bond donors (Lipinski definition) is 1. The minimum Gasteiger partial charge on any atom is -0.466 e. The Morgan fingerprint density at radius 1 is 1.50 bits per heavy atom. The molecule has 0 atom stereocenters. The molecule has 0 spiro atoms. The highest BCUT2D eigenvalue weighted by Gasteiger charge is 2.06. The second kappa shape index (κ2) is 7.16. The molecule has 96 valence electrons. The van der Waals surface area contributed by atoms with Crippen LogP contribution < -0.4 is 5.43 Å². The molecule has 18 heavy (non-hydrogen) atoms. The Hall–Kier alpha value is -2.24. The molecule has 0 radical (unpaired) electrons. The average Bonchev–Trinajstić information content (AvgIpc) is 2.37. The molecule has 1 heterocycles. The lowest BCUT2D eigenvalue weighted by Crippen LogP contribution is -2.20. The van der Waals surface area contributed by atoms with E-state index in [-0.39, 0.29) is 18.3 Å². The molecule has 6 heteroatoms. The first kappa shape index (κ1) is 13.8. The lowest BCUT2D eigenvalue weighted by atomic mass is 10.3. The third-order valence-electron chi connectivity index (χ3n) is 1.98. The summed E-state index contributed by atoms with van der Waals surface area (Å²) in [5, 5.41) is 3.81. The van der Waals surface area contributed by atoms with E-state index in [1.807, 2.05) is 0 Å². The summed E-state index contributed by atoms with van der Waals surface area (Å²) in [6, 6.07) is 3.28. The van der Waals surface area contributed by atoms with Crippen LogP contribution in [0, 0.1) is 0 Å². The van der Waals surface area contributed by atoms with Gasteiger partial charge in [-0.15, -0.1) is 0 Å². The number of nitrogens with one attached hydrogen (secondary N) is 1. The molecule has 0 aromatic carbocycles. The van der Waals surface area contributed by atoms with E-state index in [1.54, 1.807) is 32.2 Å². The third kappa shape index (κ3) is 4.73. The van der Waals surface area contributed by atoms with Gasteiger partial charge in [-0.3, -0.25) is 14.6 Å². The van der Waals surface area contributed by atoms with Crippen molar-refractivity contribution in [1.82, 2.24) is 10.4 Å². The number of amides is 1. The van der Waals surface area contributed by atoms with Crippen molar-refractivity contribution in [3.8, 4) is 0 Å². The fourth-order valence-corrected chi connectivity index (χ4v) is 1.17. The van der Waals surface area contributed by atoms with E-state index in [0.29, 0.717) is 17.9 Å². The molecule has 1 aromatic heterocycles. The molecular formula is C12H15N3O3. The maximum absolute atomic E-state index is 11.6. The van der Waals surface area contributed by atoms with Crippen LogP contribution in [0.3, 0.4) is 0 Å². The molecule has 0 saturated heterocycles. The van der Waals surface area contributed by atoms with Crippen LogP contribution in [0.4, 0.5) is 0 Å². The highest BCUT2D eigenvalue weighted by Crippen LogP contribution is 1.95. The Morgan fingerprint density at radius 2 is 2.28 bits per heavy atom. The van der Waals surface area contributed by atoms with Gasteiger partial charge in [0, 0.05) is 18.1 Å². The largest absolute Gasteiger partial charge is 0.466 e. The number of nitrogens with zero attached hydrogens (tertiary/aromatic N) is 2. The molecule has 1 amide bonds. The van der Waals surface area contributed by atoms with Crippen LogP contribution in [-0.2, 0) is 9.53 Å². The Bertz CT molecular complexity index is 443. The zero-order valence-electron chi connectivity index (χ0n) is 10.3. The molecule has 6 nitrogen and oxygen atoms in total. The predicted octanol–water partition coefficient (Wildman–Crippen LogP) is 1.14.